The monoisotopic (exact) mass is 361 g/mol. The number of hydrogen-bond acceptors (Lipinski definition) is 4. The fraction of sp³-hybridized carbons (Fsp3) is 0.619. The smallest absolute Gasteiger partial charge is 0.410 e. The second-order valence-corrected chi connectivity index (χ2v) is 7.99. The Labute approximate surface area is 156 Å². The van der Waals surface area contributed by atoms with Gasteiger partial charge in [-0.05, 0) is 76.5 Å². The zero-order chi connectivity index (χ0) is 19.2. The maximum atomic E-state index is 12.1. The molecule has 0 atom stereocenters. The lowest BCUT2D eigenvalue weighted by Gasteiger charge is -2.33. The van der Waals surface area contributed by atoms with E-state index in [4.69, 9.17) is 9.47 Å². The van der Waals surface area contributed by atoms with Crippen molar-refractivity contribution in [3.05, 3.63) is 35.4 Å². The van der Waals surface area contributed by atoms with Crippen molar-refractivity contribution in [3.8, 4) is 0 Å². The summed E-state index contributed by atoms with van der Waals surface area (Å²) in [6.45, 7) is 7.26. The minimum absolute atomic E-state index is 0.193. The number of carbonyl (C=O) groups excluding carboxylic acids is 2. The van der Waals surface area contributed by atoms with E-state index in [1.807, 2.05) is 49.9 Å². The molecule has 26 heavy (non-hydrogen) atoms. The predicted molar refractivity (Wildman–Crippen MR) is 101 cm³/mol. The SMILES string of the molecule is COC(=O)c1ccc(CCCC2CCN(C(=O)OC(C)(C)C)CC2)cc1. The second-order valence-electron chi connectivity index (χ2n) is 7.99. The normalized spacial score (nSPS) is 15.6. The lowest BCUT2D eigenvalue weighted by Crippen LogP contribution is -2.41. The lowest BCUT2D eigenvalue weighted by molar-refractivity contribution is 0.0180. The van der Waals surface area contributed by atoms with Gasteiger partial charge in [0.15, 0.2) is 0 Å². The zero-order valence-electron chi connectivity index (χ0n) is 16.4. The number of esters is 1. The number of likely N-dealkylation sites (tertiary alicyclic amines) is 1. The average molecular weight is 361 g/mol. The summed E-state index contributed by atoms with van der Waals surface area (Å²) in [5, 5.41) is 0. The highest BCUT2D eigenvalue weighted by atomic mass is 16.6. The van der Waals surface area contributed by atoms with Crippen LogP contribution in [0.1, 0.15) is 62.4 Å². The van der Waals surface area contributed by atoms with E-state index in [0.717, 1.165) is 38.8 Å². The van der Waals surface area contributed by atoms with E-state index in [1.165, 1.54) is 19.1 Å². The number of ether oxygens (including phenoxy) is 2. The fourth-order valence-corrected chi connectivity index (χ4v) is 3.25. The van der Waals surface area contributed by atoms with Crippen LogP contribution in [0.4, 0.5) is 4.79 Å². The predicted octanol–water partition coefficient (Wildman–Crippen LogP) is 4.44. The van der Waals surface area contributed by atoms with Crippen LogP contribution in [0, 0.1) is 5.92 Å². The molecule has 5 heteroatoms. The summed E-state index contributed by atoms with van der Waals surface area (Å²) in [6, 6.07) is 7.63. The molecular formula is C21H31NO4. The number of amides is 1. The number of methoxy groups -OCH3 is 1. The maximum absolute atomic E-state index is 12.1. The standard InChI is InChI=1S/C21H31NO4/c1-21(2,3)26-20(24)22-14-12-17(13-15-22)7-5-6-16-8-10-18(11-9-16)19(23)25-4/h8-11,17H,5-7,12-15H2,1-4H3. The highest BCUT2D eigenvalue weighted by molar-refractivity contribution is 5.89. The van der Waals surface area contributed by atoms with Gasteiger partial charge in [-0.2, -0.15) is 0 Å². The Balaban J connectivity index is 1.69. The number of hydrogen-bond donors (Lipinski definition) is 0. The van der Waals surface area contributed by atoms with Crippen LogP contribution in [0.3, 0.4) is 0 Å². The van der Waals surface area contributed by atoms with Crippen molar-refractivity contribution < 1.29 is 19.1 Å². The highest BCUT2D eigenvalue weighted by Crippen LogP contribution is 2.24. The quantitative estimate of drug-likeness (QED) is 0.728. The summed E-state index contributed by atoms with van der Waals surface area (Å²) in [4.78, 5) is 25.4. The van der Waals surface area contributed by atoms with E-state index < -0.39 is 5.60 Å². The van der Waals surface area contributed by atoms with E-state index in [2.05, 4.69) is 0 Å². The summed E-state index contributed by atoms with van der Waals surface area (Å²) >= 11 is 0. The largest absolute Gasteiger partial charge is 0.465 e. The van der Waals surface area contributed by atoms with Crippen LogP contribution in [-0.2, 0) is 15.9 Å². The van der Waals surface area contributed by atoms with Crippen molar-refractivity contribution in [1.29, 1.82) is 0 Å². The van der Waals surface area contributed by atoms with E-state index in [0.29, 0.717) is 11.5 Å². The molecule has 0 spiro atoms. The number of aryl methyl sites for hydroxylation is 1. The third-order valence-electron chi connectivity index (χ3n) is 4.72. The van der Waals surface area contributed by atoms with Gasteiger partial charge in [0.25, 0.3) is 0 Å². The summed E-state index contributed by atoms with van der Waals surface area (Å²) in [6.07, 6.45) is 5.19. The Kier molecular flexibility index (Phi) is 7.06. The van der Waals surface area contributed by atoms with E-state index in [9.17, 15) is 9.59 Å². The van der Waals surface area contributed by atoms with Gasteiger partial charge in [-0.15, -0.1) is 0 Å². The zero-order valence-corrected chi connectivity index (χ0v) is 16.4. The summed E-state index contributed by atoms with van der Waals surface area (Å²) < 4.78 is 10.2. The molecule has 1 aliphatic rings. The molecule has 0 N–H and O–H groups in total. The minimum atomic E-state index is -0.433. The molecule has 0 aliphatic carbocycles. The van der Waals surface area contributed by atoms with Gasteiger partial charge in [0.1, 0.15) is 5.60 Å². The molecular weight excluding hydrogens is 330 g/mol. The molecule has 0 unspecified atom stereocenters. The molecule has 0 radical (unpaired) electrons. The second kappa shape index (κ2) is 9.06. The van der Waals surface area contributed by atoms with E-state index >= 15 is 0 Å². The first-order valence-electron chi connectivity index (χ1n) is 9.43. The molecule has 2 rings (SSSR count). The van der Waals surface area contributed by atoms with Crippen molar-refractivity contribution in [1.82, 2.24) is 4.90 Å². The third-order valence-corrected chi connectivity index (χ3v) is 4.72. The maximum Gasteiger partial charge on any atom is 0.410 e. The minimum Gasteiger partial charge on any atom is -0.465 e. The highest BCUT2D eigenvalue weighted by Gasteiger charge is 2.26. The van der Waals surface area contributed by atoms with Crippen molar-refractivity contribution in [2.45, 2.75) is 58.5 Å². The summed E-state index contributed by atoms with van der Waals surface area (Å²) in [5.74, 6) is 0.372. The first-order valence-corrected chi connectivity index (χ1v) is 9.43. The Morgan fingerprint density at radius 1 is 1.12 bits per heavy atom. The number of carbonyl (C=O) groups is 2. The molecule has 5 nitrogen and oxygen atoms in total. The molecule has 1 fully saturated rings. The first kappa shape index (κ1) is 20.3. The summed E-state index contributed by atoms with van der Waals surface area (Å²) in [5.41, 5.74) is 1.40. The lowest BCUT2D eigenvalue weighted by atomic mass is 9.91. The molecule has 1 aromatic rings. The Bertz CT molecular complexity index is 595. The summed E-state index contributed by atoms with van der Waals surface area (Å²) in [7, 11) is 1.39. The van der Waals surface area contributed by atoms with Gasteiger partial charge < -0.3 is 14.4 Å². The van der Waals surface area contributed by atoms with Crippen molar-refractivity contribution in [2.75, 3.05) is 20.2 Å². The van der Waals surface area contributed by atoms with Crippen LogP contribution >= 0.6 is 0 Å². The van der Waals surface area contributed by atoms with Crippen LogP contribution < -0.4 is 0 Å². The van der Waals surface area contributed by atoms with Crippen LogP contribution in [0.2, 0.25) is 0 Å². The number of nitrogens with zero attached hydrogens (tertiary/aromatic N) is 1. The van der Waals surface area contributed by atoms with Crippen molar-refractivity contribution in [2.24, 2.45) is 5.92 Å². The molecule has 0 saturated carbocycles. The van der Waals surface area contributed by atoms with Gasteiger partial charge in [0, 0.05) is 13.1 Å². The molecule has 144 valence electrons. The molecule has 0 aromatic heterocycles. The van der Waals surface area contributed by atoms with Gasteiger partial charge in [-0.25, -0.2) is 9.59 Å². The molecule has 1 aliphatic heterocycles. The van der Waals surface area contributed by atoms with E-state index in [-0.39, 0.29) is 12.1 Å². The first-order chi connectivity index (χ1) is 12.3. The molecule has 1 saturated heterocycles. The molecule has 1 heterocycles. The molecule has 1 aromatic carbocycles. The van der Waals surface area contributed by atoms with Crippen LogP contribution in [0.15, 0.2) is 24.3 Å². The number of rotatable bonds is 5. The third kappa shape index (κ3) is 6.36. The number of benzene rings is 1. The number of piperidine rings is 1. The van der Waals surface area contributed by atoms with Gasteiger partial charge >= 0.3 is 12.1 Å². The Morgan fingerprint density at radius 3 is 2.27 bits per heavy atom. The Morgan fingerprint density at radius 2 is 1.73 bits per heavy atom. The topological polar surface area (TPSA) is 55.8 Å². The average Bonchev–Trinajstić information content (AvgIpc) is 2.61. The van der Waals surface area contributed by atoms with Gasteiger partial charge in [0.2, 0.25) is 0 Å². The van der Waals surface area contributed by atoms with Crippen molar-refractivity contribution in [3.63, 3.8) is 0 Å². The molecule has 1 amide bonds. The van der Waals surface area contributed by atoms with Crippen LogP contribution in [-0.4, -0.2) is 42.8 Å². The van der Waals surface area contributed by atoms with Gasteiger partial charge in [0.05, 0.1) is 12.7 Å². The van der Waals surface area contributed by atoms with Crippen molar-refractivity contribution >= 4 is 12.1 Å². The molecule has 0 bridgehead atoms. The van der Waals surface area contributed by atoms with Crippen LogP contribution in [0.25, 0.3) is 0 Å². The van der Waals surface area contributed by atoms with Gasteiger partial charge in [-0.1, -0.05) is 12.1 Å². The van der Waals surface area contributed by atoms with E-state index in [1.54, 1.807) is 0 Å². The fourth-order valence-electron chi connectivity index (χ4n) is 3.25. The Hall–Kier alpha value is -2.04. The van der Waals surface area contributed by atoms with Gasteiger partial charge in [-0.3, -0.25) is 0 Å². The van der Waals surface area contributed by atoms with Crippen LogP contribution in [0.5, 0.6) is 0 Å².